The lowest BCUT2D eigenvalue weighted by Crippen LogP contribution is -2.09. The Balaban J connectivity index is 1.93. The lowest BCUT2D eigenvalue weighted by atomic mass is 9.85. The molecule has 1 aliphatic carbocycles. The topological polar surface area (TPSA) is 12.9 Å². The van der Waals surface area contributed by atoms with E-state index in [0.717, 1.165) is 5.92 Å². The summed E-state index contributed by atoms with van der Waals surface area (Å²) < 4.78 is 0. The van der Waals surface area contributed by atoms with Gasteiger partial charge in [0.2, 0.25) is 0 Å². The van der Waals surface area contributed by atoms with Crippen molar-refractivity contribution in [2.24, 2.45) is 5.92 Å². The molecule has 0 bridgehead atoms. The van der Waals surface area contributed by atoms with Gasteiger partial charge < -0.3 is 0 Å². The molecule has 0 atom stereocenters. The van der Waals surface area contributed by atoms with Crippen LogP contribution in [0.25, 0.3) is 0 Å². The number of pyridine rings is 1. The molecule has 0 N–H and O–H groups in total. The van der Waals surface area contributed by atoms with Gasteiger partial charge in [-0.1, -0.05) is 52.0 Å². The SMILES string of the molecule is CC(C)c1ccc(CC2CCCCC2)cn1. The number of nitrogens with zero attached hydrogens (tertiary/aromatic N) is 1. The average molecular weight is 217 g/mol. The van der Waals surface area contributed by atoms with Crippen LogP contribution in [-0.4, -0.2) is 4.98 Å². The molecule has 1 aromatic rings. The van der Waals surface area contributed by atoms with Gasteiger partial charge >= 0.3 is 0 Å². The van der Waals surface area contributed by atoms with E-state index in [1.807, 2.05) is 0 Å². The van der Waals surface area contributed by atoms with E-state index < -0.39 is 0 Å². The second-order valence-electron chi connectivity index (χ2n) is 5.45. The smallest absolute Gasteiger partial charge is 0.0429 e. The number of hydrogen-bond donors (Lipinski definition) is 0. The Labute approximate surface area is 99.3 Å². The molecule has 0 unspecified atom stereocenters. The Morgan fingerprint density at radius 1 is 1.19 bits per heavy atom. The van der Waals surface area contributed by atoms with E-state index in [9.17, 15) is 0 Å². The Bertz CT molecular complexity index is 307. The molecule has 88 valence electrons. The highest BCUT2D eigenvalue weighted by atomic mass is 14.7. The van der Waals surface area contributed by atoms with Crippen LogP contribution in [0, 0.1) is 5.92 Å². The third-order valence-electron chi connectivity index (χ3n) is 3.69. The first-order valence-electron chi connectivity index (χ1n) is 6.70. The van der Waals surface area contributed by atoms with E-state index in [0.29, 0.717) is 5.92 Å². The maximum atomic E-state index is 4.54. The highest BCUT2D eigenvalue weighted by Gasteiger charge is 2.14. The van der Waals surface area contributed by atoms with Crippen molar-refractivity contribution in [3.63, 3.8) is 0 Å². The first kappa shape index (κ1) is 11.6. The zero-order valence-corrected chi connectivity index (χ0v) is 10.6. The van der Waals surface area contributed by atoms with E-state index in [4.69, 9.17) is 0 Å². The van der Waals surface area contributed by atoms with E-state index >= 15 is 0 Å². The molecule has 1 aliphatic rings. The van der Waals surface area contributed by atoms with Crippen LogP contribution in [0.15, 0.2) is 18.3 Å². The van der Waals surface area contributed by atoms with Crippen molar-refractivity contribution in [3.8, 4) is 0 Å². The van der Waals surface area contributed by atoms with Crippen molar-refractivity contribution >= 4 is 0 Å². The van der Waals surface area contributed by atoms with Crippen molar-refractivity contribution in [3.05, 3.63) is 29.6 Å². The van der Waals surface area contributed by atoms with E-state index in [1.165, 1.54) is 49.8 Å². The standard InChI is InChI=1S/C15H23N/c1-12(2)15-9-8-14(11-16-15)10-13-6-4-3-5-7-13/h8-9,11-13H,3-7,10H2,1-2H3. The quantitative estimate of drug-likeness (QED) is 0.734. The summed E-state index contributed by atoms with van der Waals surface area (Å²) in [4.78, 5) is 4.54. The number of rotatable bonds is 3. The number of aromatic nitrogens is 1. The van der Waals surface area contributed by atoms with E-state index in [-0.39, 0.29) is 0 Å². The lowest BCUT2D eigenvalue weighted by molar-refractivity contribution is 0.356. The van der Waals surface area contributed by atoms with E-state index in [1.54, 1.807) is 0 Å². The first-order chi connectivity index (χ1) is 7.75. The highest BCUT2D eigenvalue weighted by Crippen LogP contribution is 2.26. The molecule has 0 amide bonds. The summed E-state index contributed by atoms with van der Waals surface area (Å²) >= 11 is 0. The lowest BCUT2D eigenvalue weighted by Gasteiger charge is -2.21. The van der Waals surface area contributed by atoms with Gasteiger partial charge in [-0.05, 0) is 29.9 Å². The Kier molecular flexibility index (Phi) is 3.98. The molecule has 0 radical (unpaired) electrons. The van der Waals surface area contributed by atoms with Crippen LogP contribution < -0.4 is 0 Å². The summed E-state index contributed by atoms with van der Waals surface area (Å²) in [5, 5.41) is 0. The number of hydrogen-bond acceptors (Lipinski definition) is 1. The molecule has 1 fully saturated rings. The molecule has 1 heteroatoms. The summed E-state index contributed by atoms with van der Waals surface area (Å²) in [7, 11) is 0. The van der Waals surface area contributed by atoms with Gasteiger partial charge in [0.05, 0.1) is 0 Å². The average Bonchev–Trinajstić information content (AvgIpc) is 2.31. The van der Waals surface area contributed by atoms with Crippen molar-refractivity contribution in [1.29, 1.82) is 0 Å². The van der Waals surface area contributed by atoms with Gasteiger partial charge in [-0.3, -0.25) is 4.98 Å². The fourth-order valence-electron chi connectivity index (χ4n) is 2.62. The maximum Gasteiger partial charge on any atom is 0.0429 e. The molecule has 1 heterocycles. The van der Waals surface area contributed by atoms with Gasteiger partial charge in [0, 0.05) is 11.9 Å². The third-order valence-corrected chi connectivity index (χ3v) is 3.69. The van der Waals surface area contributed by atoms with Gasteiger partial charge in [0.15, 0.2) is 0 Å². The zero-order valence-electron chi connectivity index (χ0n) is 10.6. The van der Waals surface area contributed by atoms with Gasteiger partial charge in [-0.15, -0.1) is 0 Å². The minimum atomic E-state index is 0.545. The molecular weight excluding hydrogens is 194 g/mol. The molecule has 0 spiro atoms. The molecule has 0 aromatic carbocycles. The van der Waals surface area contributed by atoms with Gasteiger partial charge in [0.25, 0.3) is 0 Å². The summed E-state index contributed by atoms with van der Waals surface area (Å²) in [6, 6.07) is 4.47. The summed E-state index contributed by atoms with van der Waals surface area (Å²) in [5.74, 6) is 1.46. The van der Waals surface area contributed by atoms with Crippen LogP contribution in [0.3, 0.4) is 0 Å². The predicted octanol–water partition coefficient (Wildman–Crippen LogP) is 4.33. The monoisotopic (exact) mass is 217 g/mol. The first-order valence-corrected chi connectivity index (χ1v) is 6.70. The van der Waals surface area contributed by atoms with Crippen molar-refractivity contribution in [1.82, 2.24) is 4.98 Å². The molecule has 2 rings (SSSR count). The normalized spacial score (nSPS) is 17.9. The van der Waals surface area contributed by atoms with Crippen molar-refractivity contribution in [2.45, 2.75) is 58.3 Å². The second-order valence-corrected chi connectivity index (χ2v) is 5.45. The second kappa shape index (κ2) is 5.47. The predicted molar refractivity (Wildman–Crippen MR) is 68.6 cm³/mol. The summed E-state index contributed by atoms with van der Waals surface area (Å²) in [6.45, 7) is 4.40. The van der Waals surface area contributed by atoms with Crippen molar-refractivity contribution < 1.29 is 0 Å². The Hall–Kier alpha value is -0.850. The van der Waals surface area contributed by atoms with Crippen LogP contribution in [0.4, 0.5) is 0 Å². The fourth-order valence-corrected chi connectivity index (χ4v) is 2.62. The minimum Gasteiger partial charge on any atom is -0.261 e. The minimum absolute atomic E-state index is 0.545. The largest absolute Gasteiger partial charge is 0.261 e. The van der Waals surface area contributed by atoms with Gasteiger partial charge in [-0.2, -0.15) is 0 Å². The van der Waals surface area contributed by atoms with Gasteiger partial charge in [0.1, 0.15) is 0 Å². The summed E-state index contributed by atoms with van der Waals surface area (Å²) in [5.41, 5.74) is 2.64. The summed E-state index contributed by atoms with van der Waals surface area (Å²) in [6.07, 6.45) is 10.5. The molecule has 0 saturated heterocycles. The maximum absolute atomic E-state index is 4.54. The van der Waals surface area contributed by atoms with E-state index in [2.05, 4.69) is 37.2 Å². The molecule has 1 saturated carbocycles. The highest BCUT2D eigenvalue weighted by molar-refractivity contribution is 5.16. The Morgan fingerprint density at radius 3 is 2.50 bits per heavy atom. The van der Waals surface area contributed by atoms with Gasteiger partial charge in [-0.25, -0.2) is 0 Å². The molecule has 0 aliphatic heterocycles. The molecular formula is C15H23N. The molecule has 1 aromatic heterocycles. The zero-order chi connectivity index (χ0) is 11.4. The van der Waals surface area contributed by atoms with Crippen molar-refractivity contribution in [2.75, 3.05) is 0 Å². The van der Waals surface area contributed by atoms with Crippen LogP contribution >= 0.6 is 0 Å². The Morgan fingerprint density at radius 2 is 1.94 bits per heavy atom. The molecule has 16 heavy (non-hydrogen) atoms. The van der Waals surface area contributed by atoms with Crippen LogP contribution in [0.2, 0.25) is 0 Å². The molecule has 1 nitrogen and oxygen atoms in total. The van der Waals surface area contributed by atoms with Crippen LogP contribution in [0.5, 0.6) is 0 Å². The van der Waals surface area contributed by atoms with Crippen LogP contribution in [0.1, 0.15) is 63.1 Å². The third kappa shape index (κ3) is 3.07. The fraction of sp³-hybridized carbons (Fsp3) is 0.667. The van der Waals surface area contributed by atoms with Crippen LogP contribution in [-0.2, 0) is 6.42 Å².